The first-order chi connectivity index (χ1) is 21.9. The number of halogens is 3. The van der Waals surface area contributed by atoms with Gasteiger partial charge in [-0.15, -0.1) is 21.0 Å². The summed E-state index contributed by atoms with van der Waals surface area (Å²) in [5, 5.41) is 7.18. The smallest absolute Gasteiger partial charge is 0.452 e. The molecule has 0 amide bonds. The van der Waals surface area contributed by atoms with E-state index in [9.17, 15) is 27.1 Å². The van der Waals surface area contributed by atoms with E-state index in [1.807, 2.05) is 13.0 Å². The first-order valence-electron chi connectivity index (χ1n) is 15.2. The Morgan fingerprint density at radius 3 is 2.72 bits per heavy atom. The highest BCUT2D eigenvalue weighted by molar-refractivity contribution is 8.22. The third kappa shape index (κ3) is 5.92. The molecule has 0 aromatic carbocycles. The Labute approximate surface area is 265 Å². The van der Waals surface area contributed by atoms with E-state index in [0.717, 1.165) is 35.8 Å². The molecule has 2 atom stereocenters. The molecule has 2 N–H and O–H groups in total. The molecule has 11 nitrogen and oxygen atoms in total. The van der Waals surface area contributed by atoms with Crippen LogP contribution in [0, 0.1) is 13.8 Å². The number of nitrogens with zero attached hydrogens (tertiary/aromatic N) is 7. The number of fused-ring (bicyclic) bond motifs is 4. The Hall–Kier alpha value is -3.79. The molecular formula is C31H36F3N7O4S. The quantitative estimate of drug-likeness (QED) is 0.223. The minimum atomic E-state index is -4.69. The van der Waals surface area contributed by atoms with Gasteiger partial charge in [0, 0.05) is 43.1 Å². The molecule has 0 saturated carbocycles. The van der Waals surface area contributed by atoms with Crippen LogP contribution in [0.15, 0.2) is 47.6 Å². The van der Waals surface area contributed by atoms with Gasteiger partial charge in [0.05, 0.1) is 25.3 Å². The number of hydrogen-bond donors (Lipinski definition) is 2. The second-order valence-corrected chi connectivity index (χ2v) is 13.7. The van der Waals surface area contributed by atoms with E-state index in [2.05, 4.69) is 20.1 Å². The van der Waals surface area contributed by atoms with Gasteiger partial charge in [-0.1, -0.05) is 6.07 Å². The van der Waals surface area contributed by atoms with Gasteiger partial charge in [-0.25, -0.2) is 4.98 Å². The van der Waals surface area contributed by atoms with Crippen molar-refractivity contribution in [1.82, 2.24) is 28.9 Å². The van der Waals surface area contributed by atoms with Crippen molar-refractivity contribution < 1.29 is 31.8 Å². The monoisotopic (exact) mass is 659 g/mol. The van der Waals surface area contributed by atoms with Crippen LogP contribution in [0.4, 0.5) is 19.0 Å². The maximum absolute atomic E-state index is 13.6. The maximum atomic E-state index is 13.6. The summed E-state index contributed by atoms with van der Waals surface area (Å²) in [4.78, 5) is 24.9. The number of pyridine rings is 3. The van der Waals surface area contributed by atoms with Crippen LogP contribution in [-0.2, 0) is 22.3 Å². The normalized spacial score (nSPS) is 19.7. The van der Waals surface area contributed by atoms with Crippen molar-refractivity contribution in [3.05, 3.63) is 76.6 Å². The van der Waals surface area contributed by atoms with Gasteiger partial charge < -0.3 is 9.64 Å². The fourth-order valence-corrected chi connectivity index (χ4v) is 8.09. The highest BCUT2D eigenvalue weighted by atomic mass is 32.3. The number of rotatable bonds is 7. The Morgan fingerprint density at radius 2 is 1.96 bits per heavy atom. The fourth-order valence-electron chi connectivity index (χ4n) is 6.45. The first kappa shape index (κ1) is 32.2. The van der Waals surface area contributed by atoms with Crippen molar-refractivity contribution >= 4 is 28.2 Å². The van der Waals surface area contributed by atoms with Crippen LogP contribution in [-0.4, -0.2) is 69.7 Å². The molecule has 1 unspecified atom stereocenters. The van der Waals surface area contributed by atoms with Crippen molar-refractivity contribution in [2.75, 3.05) is 24.6 Å². The molecule has 0 radical (unpaired) electrons. The number of ether oxygens (including phenoxy) is 1. The molecule has 4 aromatic heterocycles. The summed E-state index contributed by atoms with van der Waals surface area (Å²) < 4.78 is 71.9. The highest BCUT2D eigenvalue weighted by Crippen LogP contribution is 2.57. The Balaban J connectivity index is 1.40. The van der Waals surface area contributed by atoms with Gasteiger partial charge in [-0.05, 0) is 81.0 Å². The summed E-state index contributed by atoms with van der Waals surface area (Å²) in [6.07, 6.45) is 1.01. The molecule has 246 valence electrons. The highest BCUT2D eigenvalue weighted by Gasteiger charge is 2.40. The van der Waals surface area contributed by atoms with E-state index in [-0.39, 0.29) is 31.3 Å². The molecule has 0 spiro atoms. The number of esters is 1. The number of piperidine rings is 1. The maximum Gasteiger partial charge on any atom is 0.452 e. The lowest BCUT2D eigenvalue weighted by Crippen LogP contribution is -2.45. The fraction of sp³-hybridized carbons (Fsp3) is 0.452. The number of carbonyl (C=O) groups excluding carboxylic acids is 1. The number of anilines is 1. The van der Waals surface area contributed by atoms with Gasteiger partial charge in [0.1, 0.15) is 4.90 Å². The summed E-state index contributed by atoms with van der Waals surface area (Å²) >= 11 is 0. The number of aryl methyl sites for hydroxylation is 2. The van der Waals surface area contributed by atoms with Crippen LogP contribution in [0.25, 0.3) is 5.65 Å². The van der Waals surface area contributed by atoms with E-state index >= 15 is 0 Å². The number of carbonyl (C=O) groups is 1. The zero-order valence-corrected chi connectivity index (χ0v) is 26.6. The number of alkyl halides is 3. The standard InChI is InChI=1S/C31H36F3N7O4S/c1-4-45-27(42)16-23(22-12-15-41-28(20(22)3)37-38-30(41)31(32,33)34)24-11-10-19(2)25(36-24)18-39-17-21-8-5-6-14-40(21)29-26(46(39,43)44)9-7-13-35-29/h7,9-13,15,21,23,43-44H,4-6,8,14,16-18H2,1-3H3/t21-,23?/m0/s1. The van der Waals surface area contributed by atoms with Crippen molar-refractivity contribution in [1.29, 1.82) is 0 Å². The topological polar surface area (TPSA) is 129 Å². The molecule has 0 bridgehead atoms. The zero-order chi connectivity index (χ0) is 32.8. The minimum Gasteiger partial charge on any atom is -0.466 e. The molecule has 4 aromatic rings. The lowest BCUT2D eigenvalue weighted by atomic mass is 9.89. The molecule has 46 heavy (non-hydrogen) atoms. The lowest BCUT2D eigenvalue weighted by molar-refractivity contribution is -0.145. The van der Waals surface area contributed by atoms with Crippen LogP contribution < -0.4 is 4.90 Å². The lowest BCUT2D eigenvalue weighted by Gasteiger charge is -2.42. The summed E-state index contributed by atoms with van der Waals surface area (Å²) in [5.41, 5.74) is 2.89. The molecule has 0 aliphatic carbocycles. The van der Waals surface area contributed by atoms with Crippen molar-refractivity contribution in [3.8, 4) is 0 Å². The number of aromatic nitrogens is 5. The Kier molecular flexibility index (Phi) is 8.69. The molecular weight excluding hydrogens is 623 g/mol. The van der Waals surface area contributed by atoms with Gasteiger partial charge in [0.25, 0.3) is 0 Å². The van der Waals surface area contributed by atoms with E-state index in [4.69, 9.17) is 9.72 Å². The Bertz CT molecular complexity index is 1770. The zero-order valence-electron chi connectivity index (χ0n) is 25.7. The van der Waals surface area contributed by atoms with Gasteiger partial charge in [0.15, 0.2) is 11.5 Å². The van der Waals surface area contributed by atoms with Crippen LogP contribution in [0.1, 0.15) is 72.4 Å². The minimum absolute atomic E-state index is 0.0221. The van der Waals surface area contributed by atoms with Crippen LogP contribution in [0.5, 0.6) is 0 Å². The first-order valence-corrected chi connectivity index (χ1v) is 16.7. The molecule has 15 heteroatoms. The summed E-state index contributed by atoms with van der Waals surface area (Å²) in [6.45, 7) is 6.66. The molecule has 2 aliphatic rings. The predicted molar refractivity (Wildman–Crippen MR) is 166 cm³/mol. The van der Waals surface area contributed by atoms with E-state index in [1.165, 1.54) is 12.3 Å². The van der Waals surface area contributed by atoms with Crippen molar-refractivity contribution in [2.45, 2.75) is 76.0 Å². The molecule has 1 saturated heterocycles. The summed E-state index contributed by atoms with van der Waals surface area (Å²) in [7, 11) is -3.44. The van der Waals surface area contributed by atoms with Gasteiger partial charge in [0.2, 0.25) is 5.82 Å². The molecule has 1 fully saturated rings. The van der Waals surface area contributed by atoms with Crippen LogP contribution >= 0.6 is 10.8 Å². The molecule has 2 aliphatic heterocycles. The van der Waals surface area contributed by atoms with E-state index in [1.54, 1.807) is 42.5 Å². The third-order valence-electron chi connectivity index (χ3n) is 8.80. The van der Waals surface area contributed by atoms with Crippen molar-refractivity contribution in [3.63, 3.8) is 0 Å². The predicted octanol–water partition coefficient (Wildman–Crippen LogP) is 6.14. The van der Waals surface area contributed by atoms with E-state index in [0.29, 0.717) is 39.8 Å². The van der Waals surface area contributed by atoms with Gasteiger partial charge >= 0.3 is 12.1 Å². The summed E-state index contributed by atoms with van der Waals surface area (Å²) in [6, 6.07) is 8.61. The van der Waals surface area contributed by atoms with E-state index < -0.39 is 34.7 Å². The molecule has 6 rings (SSSR count). The van der Waals surface area contributed by atoms with Gasteiger partial charge in [-0.3, -0.25) is 23.3 Å². The Morgan fingerprint density at radius 1 is 1.15 bits per heavy atom. The second kappa shape index (κ2) is 12.4. The largest absolute Gasteiger partial charge is 0.466 e. The van der Waals surface area contributed by atoms with Gasteiger partial charge in [-0.2, -0.15) is 17.5 Å². The average Bonchev–Trinajstić information content (AvgIpc) is 3.44. The van der Waals surface area contributed by atoms with Crippen LogP contribution in [0.3, 0.4) is 0 Å². The molecule has 6 heterocycles. The number of hydrogen-bond acceptors (Lipinski definition) is 10. The second-order valence-electron chi connectivity index (χ2n) is 11.7. The average molecular weight is 660 g/mol. The van der Waals surface area contributed by atoms with Crippen molar-refractivity contribution in [2.24, 2.45) is 0 Å². The third-order valence-corrected chi connectivity index (χ3v) is 10.7. The SMILES string of the molecule is CCOC(=O)CC(c1ccc(C)c(CN2C[C@@H]3CCCCN3c3ncccc3S2(O)O)n1)c1ccn2c(C(F)(F)F)nnc2c1C. The summed E-state index contributed by atoms with van der Waals surface area (Å²) in [5.74, 6) is -1.72. The van der Waals surface area contributed by atoms with Crippen LogP contribution in [0.2, 0.25) is 0 Å².